The van der Waals surface area contributed by atoms with E-state index in [9.17, 15) is 9.59 Å². The van der Waals surface area contributed by atoms with Crippen LogP contribution in [0.2, 0.25) is 0 Å². The zero-order valence-electron chi connectivity index (χ0n) is 11.7. The van der Waals surface area contributed by atoms with Crippen molar-refractivity contribution in [2.45, 2.75) is 39.0 Å². The highest BCUT2D eigenvalue weighted by atomic mass is 16.4. The fourth-order valence-corrected chi connectivity index (χ4v) is 2.53. The summed E-state index contributed by atoms with van der Waals surface area (Å²) in [5.41, 5.74) is -0.0812. The van der Waals surface area contributed by atoms with Crippen molar-refractivity contribution in [2.24, 2.45) is 11.3 Å². The van der Waals surface area contributed by atoms with E-state index in [-0.39, 0.29) is 17.7 Å². The monoisotopic (exact) mass is 268 g/mol. The van der Waals surface area contributed by atoms with Crippen LogP contribution < -0.4 is 5.32 Å². The van der Waals surface area contributed by atoms with E-state index in [4.69, 9.17) is 5.11 Å². The highest BCUT2D eigenvalue weighted by molar-refractivity contribution is 5.84. The summed E-state index contributed by atoms with van der Waals surface area (Å²) < 4.78 is 0. The molecule has 2 N–H and O–H groups in total. The Hall–Kier alpha value is -1.10. The first kappa shape index (κ1) is 14.3. The highest BCUT2D eigenvalue weighted by Gasteiger charge is 2.44. The molecule has 1 saturated carbocycles. The van der Waals surface area contributed by atoms with Crippen LogP contribution in [0.5, 0.6) is 0 Å². The predicted octanol–water partition coefficient (Wildman–Crippen LogP) is 1.09. The Morgan fingerprint density at radius 2 is 1.95 bits per heavy atom. The fourth-order valence-electron chi connectivity index (χ4n) is 2.53. The topological polar surface area (TPSA) is 69.6 Å². The molecule has 1 heterocycles. The van der Waals surface area contributed by atoms with E-state index in [1.165, 1.54) is 0 Å². The van der Waals surface area contributed by atoms with Crippen LogP contribution >= 0.6 is 0 Å². The van der Waals surface area contributed by atoms with Crippen molar-refractivity contribution >= 4 is 11.9 Å². The lowest BCUT2D eigenvalue weighted by molar-refractivity contribution is -0.137. The lowest BCUT2D eigenvalue weighted by Crippen LogP contribution is -2.40. The molecule has 1 amide bonds. The summed E-state index contributed by atoms with van der Waals surface area (Å²) in [6, 6.07) is 0. The maximum Gasteiger partial charge on any atom is 0.304 e. The first-order chi connectivity index (χ1) is 8.99. The first-order valence-electron chi connectivity index (χ1n) is 7.22. The number of likely N-dealkylation sites (tertiary alicyclic amines) is 1. The molecule has 1 aliphatic heterocycles. The SMILES string of the molecule is CC1(C(=O)NCC2CCN(CCC(=O)O)CC2)CC1. The van der Waals surface area contributed by atoms with E-state index in [1.54, 1.807) is 0 Å². The van der Waals surface area contributed by atoms with Gasteiger partial charge in [-0.2, -0.15) is 0 Å². The normalized spacial score (nSPS) is 23.0. The van der Waals surface area contributed by atoms with Gasteiger partial charge in [0.05, 0.1) is 6.42 Å². The number of carbonyl (C=O) groups is 2. The van der Waals surface area contributed by atoms with Gasteiger partial charge in [0.25, 0.3) is 0 Å². The van der Waals surface area contributed by atoms with Crippen molar-refractivity contribution < 1.29 is 14.7 Å². The maximum atomic E-state index is 11.8. The molecule has 108 valence electrons. The van der Waals surface area contributed by atoms with Gasteiger partial charge in [-0.1, -0.05) is 6.92 Å². The van der Waals surface area contributed by atoms with Gasteiger partial charge in [-0.15, -0.1) is 0 Å². The van der Waals surface area contributed by atoms with E-state index >= 15 is 0 Å². The number of carbonyl (C=O) groups excluding carboxylic acids is 1. The van der Waals surface area contributed by atoms with Crippen molar-refractivity contribution in [1.82, 2.24) is 10.2 Å². The number of piperidine rings is 1. The Morgan fingerprint density at radius 3 is 2.47 bits per heavy atom. The minimum Gasteiger partial charge on any atom is -0.481 e. The standard InChI is InChI=1S/C14H24N2O3/c1-14(5-6-14)13(19)15-10-11-2-7-16(8-3-11)9-4-12(17)18/h11H,2-10H2,1H3,(H,15,19)(H,17,18). The summed E-state index contributed by atoms with van der Waals surface area (Å²) >= 11 is 0. The number of aliphatic carboxylic acids is 1. The maximum absolute atomic E-state index is 11.8. The second kappa shape index (κ2) is 5.90. The minimum absolute atomic E-state index is 0.0812. The summed E-state index contributed by atoms with van der Waals surface area (Å²) in [6.07, 6.45) is 4.37. The van der Waals surface area contributed by atoms with Crippen LogP contribution in [0.1, 0.15) is 39.0 Å². The van der Waals surface area contributed by atoms with Crippen LogP contribution in [0.3, 0.4) is 0 Å². The summed E-state index contributed by atoms with van der Waals surface area (Å²) in [7, 11) is 0. The van der Waals surface area contributed by atoms with E-state index in [0.29, 0.717) is 12.5 Å². The molecule has 0 aromatic rings. The second-order valence-electron chi connectivity index (χ2n) is 6.20. The zero-order valence-corrected chi connectivity index (χ0v) is 11.7. The lowest BCUT2D eigenvalue weighted by Gasteiger charge is -2.31. The van der Waals surface area contributed by atoms with Crippen LogP contribution in [-0.4, -0.2) is 48.1 Å². The first-order valence-corrected chi connectivity index (χ1v) is 7.22. The van der Waals surface area contributed by atoms with Gasteiger partial charge in [0.1, 0.15) is 0 Å². The summed E-state index contributed by atoms with van der Waals surface area (Å²) in [5, 5.41) is 11.7. The molecule has 0 atom stereocenters. The van der Waals surface area contributed by atoms with Gasteiger partial charge in [0, 0.05) is 18.5 Å². The van der Waals surface area contributed by atoms with Crippen molar-refractivity contribution in [1.29, 1.82) is 0 Å². The molecule has 2 fully saturated rings. The average molecular weight is 268 g/mol. The Bertz CT molecular complexity index is 345. The molecule has 0 bridgehead atoms. The Morgan fingerprint density at radius 1 is 1.32 bits per heavy atom. The number of carboxylic acid groups (broad SMARTS) is 1. The van der Waals surface area contributed by atoms with Gasteiger partial charge >= 0.3 is 5.97 Å². The van der Waals surface area contributed by atoms with Gasteiger partial charge < -0.3 is 15.3 Å². The van der Waals surface area contributed by atoms with Crippen LogP contribution in [0, 0.1) is 11.3 Å². The van der Waals surface area contributed by atoms with E-state index in [2.05, 4.69) is 10.2 Å². The molecule has 2 aliphatic rings. The minimum atomic E-state index is -0.730. The molecule has 0 radical (unpaired) electrons. The zero-order chi connectivity index (χ0) is 13.9. The van der Waals surface area contributed by atoms with E-state index in [1.807, 2.05) is 6.92 Å². The summed E-state index contributed by atoms with van der Waals surface area (Å²) in [5.74, 6) is 0.0280. The molecule has 0 spiro atoms. The number of carboxylic acids is 1. The molecule has 5 nitrogen and oxygen atoms in total. The fraction of sp³-hybridized carbons (Fsp3) is 0.857. The molecular formula is C14H24N2O3. The average Bonchev–Trinajstić information content (AvgIpc) is 3.14. The van der Waals surface area contributed by atoms with Gasteiger partial charge in [0.2, 0.25) is 5.91 Å². The molecule has 0 aromatic heterocycles. The van der Waals surface area contributed by atoms with E-state index < -0.39 is 5.97 Å². The van der Waals surface area contributed by atoms with Crippen molar-refractivity contribution in [2.75, 3.05) is 26.2 Å². The third-order valence-electron chi connectivity index (χ3n) is 4.45. The second-order valence-corrected chi connectivity index (χ2v) is 6.20. The number of hydrogen-bond acceptors (Lipinski definition) is 3. The van der Waals surface area contributed by atoms with Crippen LogP contribution in [0.25, 0.3) is 0 Å². The van der Waals surface area contributed by atoms with Gasteiger partial charge in [-0.3, -0.25) is 9.59 Å². The molecule has 19 heavy (non-hydrogen) atoms. The number of nitrogens with one attached hydrogen (secondary N) is 1. The smallest absolute Gasteiger partial charge is 0.304 e. The molecular weight excluding hydrogens is 244 g/mol. The van der Waals surface area contributed by atoms with Gasteiger partial charge in [0.15, 0.2) is 0 Å². The van der Waals surface area contributed by atoms with E-state index in [0.717, 1.165) is 45.3 Å². The Kier molecular flexibility index (Phi) is 4.45. The molecule has 0 unspecified atom stereocenters. The highest BCUT2D eigenvalue weighted by Crippen LogP contribution is 2.45. The third kappa shape index (κ3) is 4.20. The number of amides is 1. The van der Waals surface area contributed by atoms with Crippen molar-refractivity contribution in [3.05, 3.63) is 0 Å². The molecule has 0 aromatic carbocycles. The molecule has 2 rings (SSSR count). The van der Waals surface area contributed by atoms with Crippen LogP contribution in [0.4, 0.5) is 0 Å². The molecule has 5 heteroatoms. The van der Waals surface area contributed by atoms with Gasteiger partial charge in [-0.05, 0) is 44.7 Å². The largest absolute Gasteiger partial charge is 0.481 e. The quantitative estimate of drug-likeness (QED) is 0.756. The van der Waals surface area contributed by atoms with Crippen molar-refractivity contribution in [3.8, 4) is 0 Å². The summed E-state index contributed by atoms with van der Waals surface area (Å²) in [4.78, 5) is 24.5. The number of rotatable bonds is 6. The Balaban J connectivity index is 1.61. The lowest BCUT2D eigenvalue weighted by atomic mass is 9.96. The van der Waals surface area contributed by atoms with Crippen molar-refractivity contribution in [3.63, 3.8) is 0 Å². The molecule has 1 aliphatic carbocycles. The Labute approximate surface area is 114 Å². The van der Waals surface area contributed by atoms with Crippen LogP contribution in [-0.2, 0) is 9.59 Å². The predicted molar refractivity (Wildman–Crippen MR) is 71.8 cm³/mol. The van der Waals surface area contributed by atoms with Gasteiger partial charge in [-0.25, -0.2) is 0 Å². The summed E-state index contributed by atoms with van der Waals surface area (Å²) in [6.45, 7) is 5.35. The van der Waals surface area contributed by atoms with Crippen LogP contribution in [0.15, 0.2) is 0 Å². The third-order valence-corrected chi connectivity index (χ3v) is 4.45. The number of nitrogens with zero attached hydrogens (tertiary/aromatic N) is 1. The number of hydrogen-bond donors (Lipinski definition) is 2. The molecule has 1 saturated heterocycles.